The molecule has 4 aromatic rings. The topological polar surface area (TPSA) is 110 Å². The molecule has 0 radical (unpaired) electrons. The van der Waals surface area contributed by atoms with Gasteiger partial charge >= 0.3 is 5.76 Å². The quantitative estimate of drug-likeness (QED) is 0.523. The highest BCUT2D eigenvalue weighted by Gasteiger charge is 2.15. The van der Waals surface area contributed by atoms with Gasteiger partial charge in [0.25, 0.3) is 0 Å². The van der Waals surface area contributed by atoms with Gasteiger partial charge < -0.3 is 4.42 Å². The number of benzene rings is 1. The smallest absolute Gasteiger partial charge is 0.408 e. The van der Waals surface area contributed by atoms with E-state index in [1.807, 2.05) is 29.1 Å². The zero-order valence-electron chi connectivity index (χ0n) is 13.4. The minimum absolute atomic E-state index is 0.0569. The number of hydrogen-bond donors (Lipinski definition) is 2. The molecule has 3 heterocycles. The zero-order chi connectivity index (χ0) is 18.1. The maximum Gasteiger partial charge on any atom is 0.417 e. The molecule has 8 nitrogen and oxygen atoms in total. The predicted molar refractivity (Wildman–Crippen MR) is 97.6 cm³/mol. The molecule has 0 aliphatic carbocycles. The number of oxazole rings is 1. The second-order valence-corrected chi connectivity index (χ2v) is 8.09. The third-order valence-corrected chi connectivity index (χ3v) is 5.93. The predicted octanol–water partition coefficient (Wildman–Crippen LogP) is 2.02. The lowest BCUT2D eigenvalue weighted by atomic mass is 10.2. The Morgan fingerprint density at radius 1 is 1.27 bits per heavy atom. The Bertz CT molecular complexity index is 1200. The monoisotopic (exact) mass is 390 g/mol. The molecule has 0 saturated heterocycles. The van der Waals surface area contributed by atoms with Crippen molar-refractivity contribution in [1.82, 2.24) is 19.5 Å². The molecule has 0 unspecified atom stereocenters. The molecule has 0 bridgehead atoms. The lowest BCUT2D eigenvalue weighted by Gasteiger charge is -2.07. The summed E-state index contributed by atoms with van der Waals surface area (Å²) in [5.41, 5.74) is 2.54. The van der Waals surface area contributed by atoms with Crippen molar-refractivity contribution in [1.29, 1.82) is 0 Å². The summed E-state index contributed by atoms with van der Waals surface area (Å²) < 4.78 is 33.9. The SMILES string of the molecule is O=c1[nH]c2cc(S(=O)(=O)NCCn3ccc(-c4ccsc4)n3)ccc2o1. The van der Waals surface area contributed by atoms with Gasteiger partial charge in [0.1, 0.15) is 0 Å². The maximum absolute atomic E-state index is 12.4. The van der Waals surface area contributed by atoms with Crippen LogP contribution in [0.4, 0.5) is 0 Å². The summed E-state index contributed by atoms with van der Waals surface area (Å²) in [7, 11) is -3.70. The Morgan fingerprint density at radius 3 is 2.96 bits per heavy atom. The molecule has 10 heteroatoms. The molecule has 0 aliphatic rings. The van der Waals surface area contributed by atoms with Gasteiger partial charge in [-0.05, 0) is 35.7 Å². The van der Waals surface area contributed by atoms with E-state index in [2.05, 4.69) is 14.8 Å². The van der Waals surface area contributed by atoms with Crippen LogP contribution in [0.3, 0.4) is 0 Å². The van der Waals surface area contributed by atoms with E-state index in [1.54, 1.807) is 16.0 Å². The van der Waals surface area contributed by atoms with E-state index in [1.165, 1.54) is 18.2 Å². The normalized spacial score (nSPS) is 12.0. The first-order valence-corrected chi connectivity index (χ1v) is 10.1. The van der Waals surface area contributed by atoms with Crippen LogP contribution in [0.2, 0.25) is 0 Å². The Balaban J connectivity index is 1.43. The number of fused-ring (bicyclic) bond motifs is 1. The minimum Gasteiger partial charge on any atom is -0.408 e. The van der Waals surface area contributed by atoms with Gasteiger partial charge in [0.15, 0.2) is 5.58 Å². The molecule has 26 heavy (non-hydrogen) atoms. The van der Waals surface area contributed by atoms with Crippen LogP contribution in [0.25, 0.3) is 22.4 Å². The Morgan fingerprint density at radius 2 is 2.15 bits per heavy atom. The highest BCUT2D eigenvalue weighted by atomic mass is 32.2. The number of aromatic nitrogens is 3. The first-order valence-electron chi connectivity index (χ1n) is 7.70. The molecule has 0 amide bonds. The fourth-order valence-corrected chi connectivity index (χ4v) is 4.22. The van der Waals surface area contributed by atoms with Gasteiger partial charge in [-0.3, -0.25) is 9.67 Å². The van der Waals surface area contributed by atoms with Crippen molar-refractivity contribution in [2.45, 2.75) is 11.4 Å². The largest absolute Gasteiger partial charge is 0.417 e. The van der Waals surface area contributed by atoms with E-state index in [4.69, 9.17) is 4.42 Å². The number of rotatable bonds is 6. The van der Waals surface area contributed by atoms with Crippen LogP contribution in [0.5, 0.6) is 0 Å². The van der Waals surface area contributed by atoms with Crippen molar-refractivity contribution in [2.24, 2.45) is 0 Å². The average Bonchev–Trinajstić information content (AvgIpc) is 3.33. The first kappa shape index (κ1) is 16.8. The molecule has 0 spiro atoms. The number of nitrogens with one attached hydrogen (secondary N) is 2. The van der Waals surface area contributed by atoms with Crippen LogP contribution in [0, 0.1) is 0 Å². The summed E-state index contributed by atoms with van der Waals surface area (Å²) in [6.45, 7) is 0.585. The Hall–Kier alpha value is -2.69. The highest BCUT2D eigenvalue weighted by molar-refractivity contribution is 7.89. The fraction of sp³-hybridized carbons (Fsp3) is 0.125. The number of sulfonamides is 1. The lowest BCUT2D eigenvalue weighted by Crippen LogP contribution is -2.27. The highest BCUT2D eigenvalue weighted by Crippen LogP contribution is 2.19. The number of hydrogen-bond acceptors (Lipinski definition) is 6. The van der Waals surface area contributed by atoms with Crippen molar-refractivity contribution in [2.75, 3.05) is 6.54 Å². The standard InChI is InChI=1S/C16H14N4O4S2/c21-16-18-14-9-12(1-2-15(14)24-16)26(22,23)17-5-7-20-6-3-13(19-20)11-4-8-25-10-11/h1-4,6,8-10,17H,5,7H2,(H,18,21). The van der Waals surface area contributed by atoms with E-state index in [0.717, 1.165) is 11.3 Å². The van der Waals surface area contributed by atoms with Crippen LogP contribution in [-0.4, -0.2) is 29.7 Å². The second kappa shape index (κ2) is 6.56. The summed E-state index contributed by atoms with van der Waals surface area (Å²) in [5.74, 6) is -0.623. The van der Waals surface area contributed by atoms with E-state index in [-0.39, 0.29) is 11.4 Å². The average molecular weight is 390 g/mol. The lowest BCUT2D eigenvalue weighted by molar-refractivity contribution is 0.555. The molecule has 4 rings (SSSR count). The third kappa shape index (κ3) is 3.34. The molecule has 2 N–H and O–H groups in total. The van der Waals surface area contributed by atoms with Crippen molar-refractivity contribution >= 4 is 32.5 Å². The second-order valence-electron chi connectivity index (χ2n) is 5.55. The van der Waals surface area contributed by atoms with Crippen molar-refractivity contribution in [3.63, 3.8) is 0 Å². The van der Waals surface area contributed by atoms with Gasteiger partial charge in [-0.15, -0.1) is 0 Å². The molecular weight excluding hydrogens is 376 g/mol. The molecule has 0 fully saturated rings. The molecule has 3 aromatic heterocycles. The van der Waals surface area contributed by atoms with Crippen LogP contribution < -0.4 is 10.5 Å². The molecule has 1 aromatic carbocycles. The molecule has 134 valence electrons. The van der Waals surface area contributed by atoms with Gasteiger partial charge in [-0.25, -0.2) is 17.9 Å². The summed E-state index contributed by atoms with van der Waals surface area (Å²) in [5, 5.41) is 8.41. The van der Waals surface area contributed by atoms with Crippen LogP contribution in [-0.2, 0) is 16.6 Å². The Labute approximate surface area is 152 Å². The summed E-state index contributed by atoms with van der Waals surface area (Å²) in [6, 6.07) is 8.08. The van der Waals surface area contributed by atoms with Crippen LogP contribution >= 0.6 is 11.3 Å². The van der Waals surface area contributed by atoms with Gasteiger partial charge in [0.05, 0.1) is 22.7 Å². The minimum atomic E-state index is -3.70. The maximum atomic E-state index is 12.4. The molecule has 0 saturated carbocycles. The van der Waals surface area contributed by atoms with Gasteiger partial charge in [-0.1, -0.05) is 0 Å². The van der Waals surface area contributed by atoms with E-state index in [9.17, 15) is 13.2 Å². The molecular formula is C16H14N4O4S2. The molecule has 0 aliphatic heterocycles. The number of aromatic amines is 1. The first-order chi connectivity index (χ1) is 12.5. The van der Waals surface area contributed by atoms with Crippen LogP contribution in [0.1, 0.15) is 0 Å². The molecule has 0 atom stereocenters. The zero-order valence-corrected chi connectivity index (χ0v) is 15.0. The summed E-state index contributed by atoms with van der Waals surface area (Å²) in [4.78, 5) is 13.7. The van der Waals surface area contributed by atoms with Crippen molar-refractivity contribution in [3.8, 4) is 11.3 Å². The summed E-state index contributed by atoms with van der Waals surface area (Å²) >= 11 is 1.60. The number of H-pyrrole nitrogens is 1. The summed E-state index contributed by atoms with van der Waals surface area (Å²) in [6.07, 6.45) is 1.81. The third-order valence-electron chi connectivity index (χ3n) is 3.79. The van der Waals surface area contributed by atoms with E-state index >= 15 is 0 Å². The van der Waals surface area contributed by atoms with E-state index in [0.29, 0.717) is 17.6 Å². The fourth-order valence-electron chi connectivity index (χ4n) is 2.53. The number of nitrogens with zero attached hydrogens (tertiary/aromatic N) is 2. The van der Waals surface area contributed by atoms with Crippen molar-refractivity contribution in [3.05, 3.63) is 57.8 Å². The Kier molecular flexibility index (Phi) is 4.23. The van der Waals surface area contributed by atoms with E-state index < -0.39 is 15.8 Å². The van der Waals surface area contributed by atoms with Crippen molar-refractivity contribution < 1.29 is 12.8 Å². The van der Waals surface area contributed by atoms with Crippen LogP contribution in [0.15, 0.2) is 61.4 Å². The number of thiophene rings is 1. The van der Waals surface area contributed by atoms with Gasteiger partial charge in [0, 0.05) is 23.7 Å². The van der Waals surface area contributed by atoms with Gasteiger partial charge in [0.2, 0.25) is 10.0 Å². The van der Waals surface area contributed by atoms with Gasteiger partial charge in [-0.2, -0.15) is 16.4 Å².